The van der Waals surface area contributed by atoms with Crippen LogP contribution in [0.25, 0.3) is 0 Å². The third kappa shape index (κ3) is 4.11. The number of rotatable bonds is 6. The van der Waals surface area contributed by atoms with Gasteiger partial charge in [-0.15, -0.1) is 0 Å². The Morgan fingerprint density at radius 3 is 2.43 bits per heavy atom. The second-order valence-corrected chi connectivity index (χ2v) is 5.88. The highest BCUT2D eigenvalue weighted by molar-refractivity contribution is 7.86. The van der Waals surface area contributed by atoms with Crippen molar-refractivity contribution in [2.75, 3.05) is 6.61 Å². The number of non-ortho nitro benzene ring substituents is 1. The average molecular weight is 307 g/mol. The van der Waals surface area contributed by atoms with Gasteiger partial charge in [0, 0.05) is 12.1 Å². The topological polar surface area (TPSA) is 86.5 Å². The van der Waals surface area contributed by atoms with Crippen LogP contribution in [0.5, 0.6) is 0 Å². The number of nitrogens with zero attached hydrogens (tertiary/aromatic N) is 1. The predicted octanol–water partition coefficient (Wildman–Crippen LogP) is 2.54. The lowest BCUT2D eigenvalue weighted by atomic mass is 10.2. The molecule has 0 aliphatic carbocycles. The first-order chi connectivity index (χ1) is 9.99. The number of hydrogen-bond acceptors (Lipinski definition) is 5. The molecule has 0 spiro atoms. The van der Waals surface area contributed by atoms with Crippen LogP contribution < -0.4 is 0 Å². The highest BCUT2D eigenvalue weighted by Gasteiger charge is 2.18. The molecule has 0 heterocycles. The smallest absolute Gasteiger partial charge is 0.266 e. The second kappa shape index (κ2) is 6.47. The van der Waals surface area contributed by atoms with Gasteiger partial charge < -0.3 is 0 Å². The van der Waals surface area contributed by atoms with Crippen LogP contribution >= 0.6 is 0 Å². The van der Waals surface area contributed by atoms with Crippen LogP contribution in [0, 0.1) is 10.1 Å². The van der Waals surface area contributed by atoms with Crippen molar-refractivity contribution < 1.29 is 17.5 Å². The van der Waals surface area contributed by atoms with Crippen molar-refractivity contribution in [2.24, 2.45) is 0 Å². The van der Waals surface area contributed by atoms with E-state index < -0.39 is 15.0 Å². The summed E-state index contributed by atoms with van der Waals surface area (Å²) in [6, 6.07) is 14.1. The number of nitro benzene ring substituents is 1. The van der Waals surface area contributed by atoms with E-state index in [4.69, 9.17) is 4.18 Å². The third-order valence-corrected chi connectivity index (χ3v) is 4.10. The monoisotopic (exact) mass is 307 g/mol. The number of benzene rings is 2. The van der Waals surface area contributed by atoms with Gasteiger partial charge in [0.1, 0.15) is 4.90 Å². The molecule has 0 aliphatic heterocycles. The minimum absolute atomic E-state index is 0.0188. The molecule has 0 amide bonds. The molecule has 0 fully saturated rings. The molecule has 21 heavy (non-hydrogen) atoms. The second-order valence-electron chi connectivity index (χ2n) is 4.27. The van der Waals surface area contributed by atoms with Crippen molar-refractivity contribution in [1.29, 1.82) is 0 Å². The van der Waals surface area contributed by atoms with Gasteiger partial charge in [0.05, 0.1) is 11.5 Å². The van der Waals surface area contributed by atoms with Gasteiger partial charge in [0.15, 0.2) is 0 Å². The van der Waals surface area contributed by atoms with Gasteiger partial charge in [-0.05, 0) is 18.1 Å². The highest BCUT2D eigenvalue weighted by Crippen LogP contribution is 2.19. The molecule has 0 saturated carbocycles. The number of hydrogen-bond donors (Lipinski definition) is 0. The van der Waals surface area contributed by atoms with E-state index in [1.165, 1.54) is 18.2 Å². The van der Waals surface area contributed by atoms with Gasteiger partial charge in [0.25, 0.3) is 15.8 Å². The summed E-state index contributed by atoms with van der Waals surface area (Å²) in [5.74, 6) is 0. The van der Waals surface area contributed by atoms with Crippen LogP contribution in [0.2, 0.25) is 0 Å². The van der Waals surface area contributed by atoms with Crippen molar-refractivity contribution in [3.63, 3.8) is 0 Å². The summed E-state index contributed by atoms with van der Waals surface area (Å²) in [6.45, 7) is -0.0188. The van der Waals surface area contributed by atoms with Crippen LogP contribution in [0.15, 0.2) is 59.5 Å². The molecule has 0 N–H and O–H groups in total. The molecule has 2 rings (SSSR count). The van der Waals surface area contributed by atoms with Crippen molar-refractivity contribution >= 4 is 15.8 Å². The SMILES string of the molecule is O=[N+]([O-])c1cccc(S(=O)(=O)OCCc2ccccc2)c1. The van der Waals surface area contributed by atoms with Crippen LogP contribution in [-0.2, 0) is 20.7 Å². The van der Waals surface area contributed by atoms with E-state index in [1.807, 2.05) is 30.3 Å². The number of nitro groups is 1. The van der Waals surface area contributed by atoms with Crippen molar-refractivity contribution in [3.8, 4) is 0 Å². The molecule has 7 heteroatoms. The van der Waals surface area contributed by atoms with E-state index in [9.17, 15) is 18.5 Å². The summed E-state index contributed by atoms with van der Waals surface area (Å²) < 4.78 is 28.8. The molecular formula is C14H13NO5S. The minimum atomic E-state index is -3.99. The minimum Gasteiger partial charge on any atom is -0.266 e. The summed E-state index contributed by atoms with van der Waals surface area (Å²) in [7, 11) is -3.99. The lowest BCUT2D eigenvalue weighted by Gasteiger charge is -2.05. The van der Waals surface area contributed by atoms with Crippen LogP contribution in [0.4, 0.5) is 5.69 Å². The fraction of sp³-hybridized carbons (Fsp3) is 0.143. The Hall–Kier alpha value is -2.25. The zero-order chi connectivity index (χ0) is 15.3. The summed E-state index contributed by atoms with van der Waals surface area (Å²) in [5, 5.41) is 10.6. The standard InChI is InChI=1S/C14H13NO5S/c16-15(17)13-7-4-8-14(11-13)21(18,19)20-10-9-12-5-2-1-3-6-12/h1-8,11H,9-10H2. The molecule has 0 atom stereocenters. The molecule has 2 aromatic rings. The molecule has 0 aliphatic rings. The van der Waals surface area contributed by atoms with E-state index in [0.29, 0.717) is 6.42 Å². The summed E-state index contributed by atoms with van der Waals surface area (Å²) in [6.07, 6.45) is 0.439. The lowest BCUT2D eigenvalue weighted by molar-refractivity contribution is -0.385. The van der Waals surface area contributed by atoms with Gasteiger partial charge in [-0.3, -0.25) is 14.3 Å². The normalized spacial score (nSPS) is 11.2. The highest BCUT2D eigenvalue weighted by atomic mass is 32.2. The van der Waals surface area contributed by atoms with Gasteiger partial charge in [-0.1, -0.05) is 36.4 Å². The van der Waals surface area contributed by atoms with Gasteiger partial charge in [-0.25, -0.2) is 0 Å². The van der Waals surface area contributed by atoms with Crippen LogP contribution in [0.3, 0.4) is 0 Å². The predicted molar refractivity (Wildman–Crippen MR) is 76.4 cm³/mol. The van der Waals surface area contributed by atoms with Gasteiger partial charge in [0.2, 0.25) is 0 Å². The zero-order valence-corrected chi connectivity index (χ0v) is 11.8. The van der Waals surface area contributed by atoms with E-state index in [1.54, 1.807) is 0 Å². The van der Waals surface area contributed by atoms with Gasteiger partial charge in [-0.2, -0.15) is 8.42 Å². The Bertz CT molecular complexity index is 728. The average Bonchev–Trinajstić information content (AvgIpc) is 2.48. The van der Waals surface area contributed by atoms with Crippen molar-refractivity contribution in [2.45, 2.75) is 11.3 Å². The Morgan fingerprint density at radius 2 is 1.76 bits per heavy atom. The molecule has 110 valence electrons. The largest absolute Gasteiger partial charge is 0.297 e. The Balaban J connectivity index is 2.05. The Labute approximate surface area is 122 Å². The molecule has 0 bridgehead atoms. The zero-order valence-electron chi connectivity index (χ0n) is 11.0. The Morgan fingerprint density at radius 1 is 1.05 bits per heavy atom. The van der Waals surface area contributed by atoms with Crippen molar-refractivity contribution in [3.05, 3.63) is 70.3 Å². The molecule has 2 aromatic carbocycles. The first kappa shape index (κ1) is 15.1. The van der Waals surface area contributed by atoms with E-state index in [2.05, 4.69) is 0 Å². The van der Waals surface area contributed by atoms with E-state index >= 15 is 0 Å². The quantitative estimate of drug-likeness (QED) is 0.465. The summed E-state index contributed by atoms with van der Waals surface area (Å²) >= 11 is 0. The Kier molecular flexibility index (Phi) is 4.66. The maximum atomic E-state index is 12.0. The maximum absolute atomic E-state index is 12.0. The first-order valence-electron chi connectivity index (χ1n) is 6.17. The fourth-order valence-electron chi connectivity index (χ4n) is 1.73. The maximum Gasteiger partial charge on any atom is 0.297 e. The van der Waals surface area contributed by atoms with Crippen LogP contribution in [-0.4, -0.2) is 19.9 Å². The molecule has 0 saturated heterocycles. The van der Waals surface area contributed by atoms with Crippen molar-refractivity contribution in [1.82, 2.24) is 0 Å². The summed E-state index contributed by atoms with van der Waals surface area (Å²) in [5.41, 5.74) is 0.662. The fourth-order valence-corrected chi connectivity index (χ4v) is 2.68. The van der Waals surface area contributed by atoms with Crippen LogP contribution in [0.1, 0.15) is 5.56 Å². The third-order valence-electron chi connectivity index (χ3n) is 2.79. The first-order valence-corrected chi connectivity index (χ1v) is 7.58. The lowest BCUT2D eigenvalue weighted by Crippen LogP contribution is -2.09. The molecule has 0 unspecified atom stereocenters. The van der Waals surface area contributed by atoms with Gasteiger partial charge >= 0.3 is 0 Å². The summed E-state index contributed by atoms with van der Waals surface area (Å²) in [4.78, 5) is 9.78. The molecule has 0 aromatic heterocycles. The van der Waals surface area contributed by atoms with E-state index in [-0.39, 0.29) is 17.2 Å². The molecular weight excluding hydrogens is 294 g/mol. The van der Waals surface area contributed by atoms with E-state index in [0.717, 1.165) is 11.6 Å². The molecule has 0 radical (unpaired) electrons. The molecule has 6 nitrogen and oxygen atoms in total.